The summed E-state index contributed by atoms with van der Waals surface area (Å²) in [6, 6.07) is 6.97. The van der Waals surface area contributed by atoms with Crippen molar-refractivity contribution in [1.82, 2.24) is 10.2 Å². The smallest absolute Gasteiger partial charge is 0.462 e. The molecular formula is C16H21N2O7P. The van der Waals surface area contributed by atoms with E-state index in [9.17, 15) is 18.9 Å². The van der Waals surface area contributed by atoms with Crippen LogP contribution < -0.4 is 9.61 Å². The van der Waals surface area contributed by atoms with Gasteiger partial charge in [-0.25, -0.2) is 4.57 Å². The number of carbonyl (C=O) groups excluding carboxylic acids is 3. The van der Waals surface area contributed by atoms with Crippen molar-refractivity contribution in [1.29, 1.82) is 0 Å². The van der Waals surface area contributed by atoms with E-state index in [1.54, 1.807) is 32.0 Å². The molecule has 2 rings (SSSR count). The molecule has 0 bridgehead atoms. The third kappa shape index (κ3) is 5.39. The second kappa shape index (κ2) is 8.44. The molecule has 1 aliphatic heterocycles. The largest absolute Gasteiger partial charge is 0.481 e. The van der Waals surface area contributed by atoms with Gasteiger partial charge in [0.15, 0.2) is 0 Å². The Kier molecular flexibility index (Phi) is 6.52. The highest BCUT2D eigenvalue weighted by Crippen LogP contribution is 2.46. The van der Waals surface area contributed by atoms with Crippen molar-refractivity contribution >= 4 is 25.5 Å². The number of hydrogen-bond acceptors (Lipinski definition) is 7. The number of imide groups is 1. The summed E-state index contributed by atoms with van der Waals surface area (Å²) in [7, 11) is -4.29. The van der Waals surface area contributed by atoms with Gasteiger partial charge < -0.3 is 9.26 Å². The van der Waals surface area contributed by atoms with Crippen molar-refractivity contribution in [3.8, 4) is 5.75 Å². The zero-order valence-electron chi connectivity index (χ0n) is 14.7. The summed E-state index contributed by atoms with van der Waals surface area (Å²) >= 11 is 0. The Labute approximate surface area is 151 Å². The fourth-order valence-corrected chi connectivity index (χ4v) is 3.57. The number of carbonyl (C=O) groups is 3. The number of hydrogen-bond donors (Lipinski definition) is 1. The average molecular weight is 384 g/mol. The number of hydroxylamine groups is 2. The molecule has 1 N–H and O–H groups in total. The van der Waals surface area contributed by atoms with E-state index in [4.69, 9.17) is 13.9 Å². The standard InChI is InChI=1S/C16H21N2O7P/c1-11(2)23-16(21)12(3)17-26(22,24-13-7-5-4-6-8-13)25-18-14(19)9-10-15(18)20/h4-8,11-12H,9-10H2,1-3H3,(H,17,22)/t12-,26-/m0/s1. The molecule has 0 spiro atoms. The summed E-state index contributed by atoms with van der Waals surface area (Å²) in [5.74, 6) is -1.77. The van der Waals surface area contributed by atoms with Gasteiger partial charge in [0, 0.05) is 12.8 Å². The van der Waals surface area contributed by atoms with Crippen molar-refractivity contribution in [3.63, 3.8) is 0 Å². The van der Waals surface area contributed by atoms with Gasteiger partial charge in [0.2, 0.25) is 0 Å². The van der Waals surface area contributed by atoms with Crippen LogP contribution in [0.2, 0.25) is 0 Å². The van der Waals surface area contributed by atoms with Gasteiger partial charge in [-0.3, -0.25) is 14.4 Å². The van der Waals surface area contributed by atoms with Gasteiger partial charge in [0.05, 0.1) is 6.10 Å². The maximum absolute atomic E-state index is 13.1. The van der Waals surface area contributed by atoms with Crippen molar-refractivity contribution in [2.45, 2.75) is 45.8 Å². The molecule has 1 aromatic rings. The minimum atomic E-state index is -4.29. The quantitative estimate of drug-likeness (QED) is 0.412. The van der Waals surface area contributed by atoms with E-state index in [1.165, 1.54) is 19.1 Å². The molecule has 2 atom stereocenters. The normalized spacial score (nSPS) is 17.9. The molecule has 0 aromatic heterocycles. The fraction of sp³-hybridized carbons (Fsp3) is 0.438. The Hall–Kier alpha value is -2.22. The lowest BCUT2D eigenvalue weighted by atomic mass is 10.3. The zero-order valence-corrected chi connectivity index (χ0v) is 15.6. The van der Waals surface area contributed by atoms with Crippen LogP contribution in [-0.4, -0.2) is 35.0 Å². The lowest BCUT2D eigenvalue weighted by Crippen LogP contribution is -2.39. The van der Waals surface area contributed by atoms with Crippen molar-refractivity contribution in [3.05, 3.63) is 30.3 Å². The van der Waals surface area contributed by atoms with Crippen LogP contribution in [-0.2, 0) is 28.3 Å². The summed E-state index contributed by atoms with van der Waals surface area (Å²) in [5, 5.41) is 2.82. The molecule has 1 fully saturated rings. The Balaban J connectivity index is 2.20. The lowest BCUT2D eigenvalue weighted by molar-refractivity contribution is -0.166. The first-order valence-corrected chi connectivity index (χ1v) is 9.63. The molecule has 0 unspecified atom stereocenters. The highest BCUT2D eigenvalue weighted by Gasteiger charge is 2.41. The van der Waals surface area contributed by atoms with E-state index >= 15 is 0 Å². The number of benzene rings is 1. The van der Waals surface area contributed by atoms with Crippen LogP contribution in [0.1, 0.15) is 33.6 Å². The Morgan fingerprint density at radius 2 is 1.69 bits per heavy atom. The molecule has 1 heterocycles. The van der Waals surface area contributed by atoms with Crippen LogP contribution in [0, 0.1) is 0 Å². The van der Waals surface area contributed by atoms with Crippen molar-refractivity contribution in [2.75, 3.05) is 0 Å². The highest BCUT2D eigenvalue weighted by atomic mass is 31.2. The predicted octanol–water partition coefficient (Wildman–Crippen LogP) is 2.18. The zero-order chi connectivity index (χ0) is 19.3. The summed E-state index contributed by atoms with van der Waals surface area (Å²) in [5.41, 5.74) is 0. The molecule has 9 nitrogen and oxygen atoms in total. The third-order valence-corrected chi connectivity index (χ3v) is 4.75. The third-order valence-electron chi connectivity index (χ3n) is 3.22. The lowest BCUT2D eigenvalue weighted by Gasteiger charge is -2.25. The Morgan fingerprint density at radius 1 is 1.12 bits per heavy atom. The number of ether oxygens (including phenoxy) is 1. The van der Waals surface area contributed by atoms with Gasteiger partial charge in [0.25, 0.3) is 11.8 Å². The number of esters is 1. The first-order chi connectivity index (χ1) is 12.2. The summed E-state index contributed by atoms with van der Waals surface area (Å²) in [4.78, 5) is 35.5. The van der Waals surface area contributed by atoms with Crippen LogP contribution in [0.15, 0.2) is 30.3 Å². The SMILES string of the molecule is CC(C)OC(=O)[C@H](C)N[P@](=O)(Oc1ccccc1)ON1C(=O)CCC1=O. The molecular weight excluding hydrogens is 363 g/mol. The number of nitrogens with one attached hydrogen (secondary N) is 1. The number of amides is 2. The molecule has 0 saturated carbocycles. The van der Waals surface area contributed by atoms with Gasteiger partial charge in [-0.05, 0) is 32.9 Å². The summed E-state index contributed by atoms with van der Waals surface area (Å²) < 4.78 is 28.6. The number of nitrogens with zero attached hydrogens (tertiary/aromatic N) is 1. The van der Waals surface area contributed by atoms with Crippen LogP contribution in [0.3, 0.4) is 0 Å². The second-order valence-electron chi connectivity index (χ2n) is 5.90. The van der Waals surface area contributed by atoms with Crippen molar-refractivity contribution in [2.24, 2.45) is 0 Å². The number of rotatable bonds is 8. The predicted molar refractivity (Wildman–Crippen MR) is 90.7 cm³/mol. The van der Waals surface area contributed by atoms with Gasteiger partial charge in [-0.15, -0.1) is 5.06 Å². The summed E-state index contributed by atoms with van der Waals surface area (Å²) in [6.07, 6.45) is -0.464. The van der Waals surface area contributed by atoms with E-state index in [1.807, 2.05) is 0 Å². The highest BCUT2D eigenvalue weighted by molar-refractivity contribution is 7.52. The maximum Gasteiger partial charge on any atom is 0.481 e. The Morgan fingerprint density at radius 3 is 2.23 bits per heavy atom. The molecule has 0 radical (unpaired) electrons. The monoisotopic (exact) mass is 384 g/mol. The van der Waals surface area contributed by atoms with Crippen LogP contribution >= 0.6 is 7.75 Å². The molecule has 10 heteroatoms. The molecule has 2 amide bonds. The maximum atomic E-state index is 13.1. The van der Waals surface area contributed by atoms with Crippen molar-refractivity contribution < 1.29 is 32.8 Å². The fourth-order valence-electron chi connectivity index (χ4n) is 2.07. The molecule has 26 heavy (non-hydrogen) atoms. The Bertz CT molecular complexity index is 707. The van der Waals surface area contributed by atoms with Crippen LogP contribution in [0.5, 0.6) is 5.75 Å². The minimum Gasteiger partial charge on any atom is -0.462 e. The van der Waals surface area contributed by atoms with E-state index in [0.717, 1.165) is 0 Å². The first-order valence-electron chi connectivity index (χ1n) is 8.08. The molecule has 1 aromatic carbocycles. The van der Waals surface area contributed by atoms with Gasteiger partial charge in [0.1, 0.15) is 11.8 Å². The molecule has 1 saturated heterocycles. The summed E-state index contributed by atoms with van der Waals surface area (Å²) in [6.45, 7) is 4.74. The first kappa shape index (κ1) is 20.1. The van der Waals surface area contributed by atoms with Crippen LogP contribution in [0.4, 0.5) is 0 Å². The number of para-hydroxylation sites is 1. The van der Waals surface area contributed by atoms with E-state index < -0.39 is 31.6 Å². The van der Waals surface area contributed by atoms with Gasteiger partial charge >= 0.3 is 13.7 Å². The second-order valence-corrected chi connectivity index (χ2v) is 7.50. The molecule has 0 aliphatic carbocycles. The molecule has 142 valence electrons. The average Bonchev–Trinajstić information content (AvgIpc) is 2.86. The topological polar surface area (TPSA) is 111 Å². The minimum absolute atomic E-state index is 0.0465. The van der Waals surface area contributed by atoms with Crippen LogP contribution in [0.25, 0.3) is 0 Å². The van der Waals surface area contributed by atoms with Gasteiger partial charge in [-0.1, -0.05) is 18.2 Å². The van der Waals surface area contributed by atoms with E-state index in [0.29, 0.717) is 5.06 Å². The molecule has 1 aliphatic rings. The van der Waals surface area contributed by atoms with E-state index in [-0.39, 0.29) is 24.7 Å². The van der Waals surface area contributed by atoms with Gasteiger partial charge in [-0.2, -0.15) is 9.71 Å². The van der Waals surface area contributed by atoms with E-state index in [2.05, 4.69) is 5.09 Å².